The third-order valence-electron chi connectivity index (χ3n) is 4.43. The molecular formula is C19H23N3O6S2. The Morgan fingerprint density at radius 2 is 1.50 bits per heavy atom. The molecule has 0 aliphatic carbocycles. The normalized spacial score (nSPS) is 16.9. The maximum Gasteiger partial charge on any atom is 0.261 e. The quantitative estimate of drug-likeness (QED) is 0.560. The molecule has 30 heavy (non-hydrogen) atoms. The molecule has 2 aromatic rings. The summed E-state index contributed by atoms with van der Waals surface area (Å²) in [5.74, 6) is -0.260. The Balaban J connectivity index is 1.66. The summed E-state index contributed by atoms with van der Waals surface area (Å²) in [6.45, 7) is 2.19. The average Bonchev–Trinajstić information content (AvgIpc) is 3.20. The van der Waals surface area contributed by atoms with Gasteiger partial charge in [-0.05, 0) is 61.4 Å². The predicted octanol–water partition coefficient (Wildman–Crippen LogP) is 1.90. The Kier molecular flexibility index (Phi) is 6.76. The lowest BCUT2D eigenvalue weighted by molar-refractivity contribution is -0.114. The van der Waals surface area contributed by atoms with Gasteiger partial charge in [-0.3, -0.25) is 9.52 Å². The van der Waals surface area contributed by atoms with E-state index in [9.17, 15) is 21.6 Å². The fraction of sp³-hybridized carbons (Fsp3) is 0.316. The minimum Gasteiger partial charge on any atom is -0.377 e. The molecule has 0 saturated carbocycles. The van der Waals surface area contributed by atoms with E-state index in [-0.39, 0.29) is 34.0 Å². The van der Waals surface area contributed by atoms with E-state index >= 15 is 0 Å². The summed E-state index contributed by atoms with van der Waals surface area (Å²) >= 11 is 0. The number of amides is 1. The van der Waals surface area contributed by atoms with E-state index < -0.39 is 20.0 Å². The molecule has 9 nitrogen and oxygen atoms in total. The molecule has 1 atom stereocenters. The number of benzene rings is 2. The predicted molar refractivity (Wildman–Crippen MR) is 112 cm³/mol. The Hall–Kier alpha value is -2.47. The van der Waals surface area contributed by atoms with E-state index in [2.05, 4.69) is 14.8 Å². The van der Waals surface area contributed by atoms with Crippen LogP contribution < -0.4 is 14.8 Å². The lowest BCUT2D eigenvalue weighted by atomic mass is 10.2. The molecule has 0 aromatic heterocycles. The van der Waals surface area contributed by atoms with Crippen LogP contribution in [-0.4, -0.2) is 42.0 Å². The van der Waals surface area contributed by atoms with E-state index in [1.165, 1.54) is 55.5 Å². The summed E-state index contributed by atoms with van der Waals surface area (Å²) in [6, 6.07) is 11.1. The van der Waals surface area contributed by atoms with Crippen LogP contribution in [-0.2, 0) is 29.6 Å². The summed E-state index contributed by atoms with van der Waals surface area (Å²) in [4.78, 5) is 11.1. The molecule has 3 N–H and O–H groups in total. The topological polar surface area (TPSA) is 131 Å². The number of carbonyl (C=O) groups excluding carboxylic acids is 1. The van der Waals surface area contributed by atoms with Gasteiger partial charge in [-0.1, -0.05) is 0 Å². The summed E-state index contributed by atoms with van der Waals surface area (Å²) in [7, 11) is -7.59. The lowest BCUT2D eigenvalue weighted by Crippen LogP contribution is -2.31. The van der Waals surface area contributed by atoms with Gasteiger partial charge < -0.3 is 10.1 Å². The molecular weight excluding hydrogens is 430 g/mol. The number of hydrogen-bond acceptors (Lipinski definition) is 6. The van der Waals surface area contributed by atoms with E-state index in [4.69, 9.17) is 4.74 Å². The number of carbonyl (C=O) groups is 1. The van der Waals surface area contributed by atoms with Crippen LogP contribution in [0.2, 0.25) is 0 Å². The first-order chi connectivity index (χ1) is 14.2. The molecule has 2 aromatic carbocycles. The van der Waals surface area contributed by atoms with E-state index in [1.54, 1.807) is 0 Å². The van der Waals surface area contributed by atoms with E-state index in [0.717, 1.165) is 12.8 Å². The van der Waals surface area contributed by atoms with Gasteiger partial charge >= 0.3 is 0 Å². The van der Waals surface area contributed by atoms with Gasteiger partial charge in [0.2, 0.25) is 15.9 Å². The Labute approximate surface area is 175 Å². The Bertz CT molecular complexity index is 1090. The second kappa shape index (κ2) is 9.13. The highest BCUT2D eigenvalue weighted by Gasteiger charge is 2.21. The molecule has 0 bridgehead atoms. The van der Waals surface area contributed by atoms with Crippen molar-refractivity contribution in [3.63, 3.8) is 0 Å². The van der Waals surface area contributed by atoms with Crippen molar-refractivity contribution in [1.82, 2.24) is 4.72 Å². The van der Waals surface area contributed by atoms with Crippen molar-refractivity contribution in [2.45, 2.75) is 35.7 Å². The number of nitrogens with one attached hydrogen (secondary N) is 3. The number of rotatable bonds is 8. The molecule has 0 spiro atoms. The van der Waals surface area contributed by atoms with E-state index in [1.807, 2.05) is 0 Å². The van der Waals surface area contributed by atoms with E-state index in [0.29, 0.717) is 12.3 Å². The minimum absolute atomic E-state index is 0.00605. The first kappa shape index (κ1) is 22.2. The molecule has 1 aliphatic rings. The number of sulfonamides is 2. The van der Waals surface area contributed by atoms with Crippen molar-refractivity contribution in [2.75, 3.05) is 23.2 Å². The third kappa shape index (κ3) is 5.79. The zero-order chi connectivity index (χ0) is 21.8. The van der Waals surface area contributed by atoms with Gasteiger partial charge in [0.1, 0.15) is 0 Å². The highest BCUT2D eigenvalue weighted by atomic mass is 32.2. The Morgan fingerprint density at radius 3 is 2.03 bits per heavy atom. The van der Waals surface area contributed by atoms with Gasteiger partial charge in [0.15, 0.2) is 0 Å². The molecule has 0 unspecified atom stereocenters. The SMILES string of the molecule is CC(=O)Nc1ccc(S(=O)(=O)Nc2ccc(S(=O)(=O)NC[C@H]3CCCO3)cc2)cc1. The molecule has 1 aliphatic heterocycles. The van der Waals surface area contributed by atoms with Crippen molar-refractivity contribution in [1.29, 1.82) is 0 Å². The van der Waals surface area contributed by atoms with Crippen LogP contribution in [0.1, 0.15) is 19.8 Å². The van der Waals surface area contributed by atoms with Crippen molar-refractivity contribution in [3.05, 3.63) is 48.5 Å². The van der Waals surface area contributed by atoms with Crippen molar-refractivity contribution in [2.24, 2.45) is 0 Å². The summed E-state index contributed by atoms with van der Waals surface area (Å²) in [5.41, 5.74) is 0.700. The highest BCUT2D eigenvalue weighted by Crippen LogP contribution is 2.20. The molecule has 0 radical (unpaired) electrons. The maximum absolute atomic E-state index is 12.5. The first-order valence-corrected chi connectivity index (χ1v) is 12.2. The van der Waals surface area contributed by atoms with Gasteiger partial charge in [0.05, 0.1) is 15.9 Å². The average molecular weight is 454 g/mol. The van der Waals surface area contributed by atoms with Crippen molar-refractivity contribution >= 4 is 37.3 Å². The van der Waals surface area contributed by atoms with Gasteiger partial charge in [0.25, 0.3) is 10.0 Å². The molecule has 3 rings (SSSR count). The molecule has 162 valence electrons. The number of anilines is 2. The summed E-state index contributed by atoms with van der Waals surface area (Å²) < 4.78 is 60.1. The summed E-state index contributed by atoms with van der Waals surface area (Å²) in [5, 5.41) is 2.56. The van der Waals surface area contributed by atoms with Gasteiger partial charge in [-0.25, -0.2) is 21.6 Å². The Morgan fingerprint density at radius 1 is 0.933 bits per heavy atom. The van der Waals surface area contributed by atoms with Crippen LogP contribution in [0.15, 0.2) is 58.3 Å². The number of hydrogen-bond donors (Lipinski definition) is 3. The van der Waals surface area contributed by atoms with Gasteiger partial charge in [0, 0.05) is 31.5 Å². The molecule has 1 heterocycles. The highest BCUT2D eigenvalue weighted by molar-refractivity contribution is 7.92. The van der Waals surface area contributed by atoms with Crippen LogP contribution in [0.5, 0.6) is 0 Å². The summed E-state index contributed by atoms with van der Waals surface area (Å²) in [6.07, 6.45) is 1.61. The molecule has 1 amide bonds. The third-order valence-corrected chi connectivity index (χ3v) is 7.26. The van der Waals surface area contributed by atoms with Gasteiger partial charge in [-0.2, -0.15) is 0 Å². The molecule has 11 heteroatoms. The lowest BCUT2D eigenvalue weighted by Gasteiger charge is -2.12. The van der Waals surface area contributed by atoms with Crippen LogP contribution in [0, 0.1) is 0 Å². The zero-order valence-corrected chi connectivity index (χ0v) is 17.9. The van der Waals surface area contributed by atoms with Crippen LogP contribution >= 0.6 is 0 Å². The fourth-order valence-electron chi connectivity index (χ4n) is 2.93. The largest absolute Gasteiger partial charge is 0.377 e. The van der Waals surface area contributed by atoms with Gasteiger partial charge in [-0.15, -0.1) is 0 Å². The second-order valence-corrected chi connectivity index (χ2v) is 10.3. The van der Waals surface area contributed by atoms with Crippen LogP contribution in [0.25, 0.3) is 0 Å². The first-order valence-electron chi connectivity index (χ1n) is 9.27. The van der Waals surface area contributed by atoms with Crippen LogP contribution in [0.3, 0.4) is 0 Å². The minimum atomic E-state index is -3.87. The van der Waals surface area contributed by atoms with Crippen LogP contribution in [0.4, 0.5) is 11.4 Å². The standard InChI is InChI=1S/C19H23N3O6S2/c1-14(23)21-15-4-8-19(9-5-15)30(26,27)22-16-6-10-18(11-7-16)29(24,25)20-13-17-3-2-12-28-17/h4-11,17,20,22H,2-3,12-13H2,1H3,(H,21,23)/t17-/m1/s1. The number of ether oxygens (including phenoxy) is 1. The smallest absolute Gasteiger partial charge is 0.261 e. The fourth-order valence-corrected chi connectivity index (χ4v) is 5.05. The second-order valence-electron chi connectivity index (χ2n) is 6.82. The van der Waals surface area contributed by atoms with Crippen molar-refractivity contribution < 1.29 is 26.4 Å². The monoisotopic (exact) mass is 453 g/mol. The molecule has 1 saturated heterocycles. The maximum atomic E-state index is 12.5. The zero-order valence-electron chi connectivity index (χ0n) is 16.3. The van der Waals surface area contributed by atoms with Crippen molar-refractivity contribution in [3.8, 4) is 0 Å². The molecule has 1 fully saturated rings.